The van der Waals surface area contributed by atoms with Crippen molar-refractivity contribution in [2.75, 3.05) is 34.2 Å². The van der Waals surface area contributed by atoms with Crippen LogP contribution in [0.1, 0.15) is 78.4 Å². The molecule has 0 aromatic heterocycles. The summed E-state index contributed by atoms with van der Waals surface area (Å²) in [6, 6.07) is 17.9. The van der Waals surface area contributed by atoms with Crippen molar-refractivity contribution >= 4 is 8.32 Å². The number of benzene rings is 2. The zero-order chi connectivity index (χ0) is 38.7. The SMILES string of the molecule is COCO[C@@H]1[C@H]2CC[C@@](O)(OC(O)[C@H]([C@]3(OCc4ccccc4)CO[C@@H]3CCO[Si](C)(C)C(C)(C)C)[C@@H](C)C[C@H]1OCc1ccc(OC)cc1)C2(C)C. The lowest BCUT2D eigenvalue weighted by Crippen LogP contribution is -2.69. The van der Waals surface area contributed by atoms with Gasteiger partial charge in [0.2, 0.25) is 0 Å². The van der Waals surface area contributed by atoms with E-state index >= 15 is 0 Å². The largest absolute Gasteiger partial charge is 0.497 e. The Morgan fingerprint density at radius 3 is 2.23 bits per heavy atom. The molecule has 1 saturated carbocycles. The molecule has 10 nitrogen and oxygen atoms in total. The summed E-state index contributed by atoms with van der Waals surface area (Å²) < 4.78 is 50.8. The standard InChI is InChI=1S/C42H66O10Si/c1-29-24-34(47-25-31-16-18-32(46-8)19-17-31)37(49-28-45-7)33-20-22-42(44,40(33,5)6)52-38(43)36(29)41(50-26-30-14-12-11-13-15-30)27-48-35(41)21-23-51-53(9,10)39(2,3)4/h11-19,29,33-38,43-44H,20-28H2,1-10H3/t29-,33+,34+,35+,36+,37+,38?,41-,42+/m0/s1. The molecule has 2 heterocycles. The molecule has 1 unspecified atom stereocenters. The molecule has 2 aromatic carbocycles. The first-order chi connectivity index (χ1) is 25.0. The summed E-state index contributed by atoms with van der Waals surface area (Å²) in [5, 5.41) is 24.8. The highest BCUT2D eigenvalue weighted by atomic mass is 28.4. The zero-order valence-electron chi connectivity index (χ0n) is 33.8. The van der Waals surface area contributed by atoms with Crippen molar-refractivity contribution in [3.63, 3.8) is 0 Å². The molecule has 298 valence electrons. The van der Waals surface area contributed by atoms with Gasteiger partial charge in [0.15, 0.2) is 20.4 Å². The summed E-state index contributed by atoms with van der Waals surface area (Å²) in [5.41, 5.74) is 0.279. The molecule has 2 aliphatic heterocycles. The summed E-state index contributed by atoms with van der Waals surface area (Å²) in [5.74, 6) is -1.81. The molecule has 2 bridgehead atoms. The topological polar surface area (TPSA) is 114 Å². The van der Waals surface area contributed by atoms with Crippen molar-refractivity contribution in [3.8, 4) is 5.75 Å². The zero-order valence-corrected chi connectivity index (χ0v) is 34.8. The maximum absolute atomic E-state index is 12.4. The number of hydrogen-bond acceptors (Lipinski definition) is 10. The number of fused-ring (bicyclic) bond motifs is 2. The molecular formula is C42H66O10Si. The van der Waals surface area contributed by atoms with Gasteiger partial charge in [0.05, 0.1) is 45.2 Å². The second-order valence-electron chi connectivity index (χ2n) is 17.6. The van der Waals surface area contributed by atoms with Gasteiger partial charge in [0.1, 0.15) is 18.1 Å². The van der Waals surface area contributed by atoms with Crippen molar-refractivity contribution in [2.24, 2.45) is 23.2 Å². The minimum Gasteiger partial charge on any atom is -0.497 e. The molecule has 53 heavy (non-hydrogen) atoms. The molecule has 2 saturated heterocycles. The van der Waals surface area contributed by atoms with Crippen LogP contribution in [0.3, 0.4) is 0 Å². The van der Waals surface area contributed by atoms with E-state index in [9.17, 15) is 10.2 Å². The summed E-state index contributed by atoms with van der Waals surface area (Å²) in [6.07, 6.45) is -0.480. The van der Waals surface area contributed by atoms with E-state index in [-0.39, 0.29) is 36.4 Å². The van der Waals surface area contributed by atoms with E-state index in [0.717, 1.165) is 16.9 Å². The van der Waals surface area contributed by atoms with Crippen molar-refractivity contribution < 1.29 is 47.8 Å². The van der Waals surface area contributed by atoms with Crippen LogP contribution in [-0.4, -0.2) is 88.7 Å². The number of methoxy groups -OCH3 is 2. The average Bonchev–Trinajstić information content (AvgIpc) is 3.32. The van der Waals surface area contributed by atoms with Crippen molar-refractivity contribution in [1.29, 1.82) is 0 Å². The summed E-state index contributed by atoms with van der Waals surface area (Å²) >= 11 is 0. The number of ether oxygens (including phenoxy) is 7. The molecule has 11 heteroatoms. The van der Waals surface area contributed by atoms with Crippen LogP contribution in [0.2, 0.25) is 18.1 Å². The van der Waals surface area contributed by atoms with E-state index in [2.05, 4.69) is 40.8 Å². The molecule has 1 aliphatic carbocycles. The molecule has 9 atom stereocenters. The van der Waals surface area contributed by atoms with E-state index in [0.29, 0.717) is 45.5 Å². The van der Waals surface area contributed by atoms with E-state index in [1.807, 2.05) is 68.4 Å². The Hall–Kier alpha value is -1.90. The highest BCUT2D eigenvalue weighted by molar-refractivity contribution is 6.74. The van der Waals surface area contributed by atoms with Gasteiger partial charge in [0.25, 0.3) is 0 Å². The second kappa shape index (κ2) is 17.1. The van der Waals surface area contributed by atoms with E-state index < -0.39 is 49.5 Å². The fraction of sp³-hybridized carbons (Fsp3) is 0.714. The predicted molar refractivity (Wildman–Crippen MR) is 206 cm³/mol. The van der Waals surface area contributed by atoms with Crippen LogP contribution >= 0.6 is 0 Å². The van der Waals surface area contributed by atoms with Gasteiger partial charge in [-0.2, -0.15) is 0 Å². The van der Waals surface area contributed by atoms with Crippen LogP contribution in [0, 0.1) is 23.2 Å². The monoisotopic (exact) mass is 758 g/mol. The van der Waals surface area contributed by atoms with Gasteiger partial charge < -0.3 is 47.8 Å². The first-order valence-electron chi connectivity index (χ1n) is 19.3. The summed E-state index contributed by atoms with van der Waals surface area (Å²) in [4.78, 5) is 0. The lowest BCUT2D eigenvalue weighted by atomic mass is 9.67. The van der Waals surface area contributed by atoms with Gasteiger partial charge in [-0.3, -0.25) is 0 Å². The molecule has 0 radical (unpaired) electrons. The second-order valence-corrected chi connectivity index (χ2v) is 22.4. The third-order valence-electron chi connectivity index (χ3n) is 13.0. The number of hydrogen-bond donors (Lipinski definition) is 2. The molecule has 0 amide bonds. The fourth-order valence-electron chi connectivity index (χ4n) is 8.42. The average molecular weight is 759 g/mol. The van der Waals surface area contributed by atoms with Crippen LogP contribution < -0.4 is 4.74 Å². The van der Waals surface area contributed by atoms with Gasteiger partial charge in [-0.25, -0.2) is 0 Å². The Morgan fingerprint density at radius 2 is 1.62 bits per heavy atom. The van der Waals surface area contributed by atoms with Gasteiger partial charge in [0, 0.05) is 31.5 Å². The smallest absolute Gasteiger partial charge is 0.191 e. The number of aliphatic hydroxyl groups excluding tert-OH is 1. The molecule has 5 rings (SSSR count). The third-order valence-corrected chi connectivity index (χ3v) is 17.5. The van der Waals surface area contributed by atoms with Gasteiger partial charge >= 0.3 is 0 Å². The lowest BCUT2D eigenvalue weighted by molar-refractivity contribution is -0.378. The number of rotatable bonds is 15. The summed E-state index contributed by atoms with van der Waals surface area (Å²) in [6.45, 7) is 18.8. The molecular weight excluding hydrogens is 693 g/mol. The first kappa shape index (κ1) is 42.2. The van der Waals surface area contributed by atoms with Crippen molar-refractivity contribution in [3.05, 3.63) is 65.7 Å². The number of aliphatic hydroxyl groups is 2. The maximum atomic E-state index is 12.4. The Bertz CT molecular complexity index is 1430. The minimum atomic E-state index is -2.03. The highest BCUT2D eigenvalue weighted by Crippen LogP contribution is 2.57. The minimum absolute atomic E-state index is 0.0624. The van der Waals surface area contributed by atoms with Gasteiger partial charge in [-0.05, 0) is 72.5 Å². The van der Waals surface area contributed by atoms with Gasteiger partial charge in [-0.15, -0.1) is 0 Å². The van der Waals surface area contributed by atoms with Gasteiger partial charge in [-0.1, -0.05) is 84.0 Å². The molecule has 2 N–H and O–H groups in total. The maximum Gasteiger partial charge on any atom is 0.191 e. The Labute approximate surface area is 318 Å². The van der Waals surface area contributed by atoms with E-state index in [1.165, 1.54) is 0 Å². The van der Waals surface area contributed by atoms with Crippen LogP contribution in [-0.2, 0) is 46.1 Å². The Kier molecular flexibility index (Phi) is 13.6. The molecule has 3 aliphatic rings. The molecule has 2 aromatic rings. The first-order valence-corrected chi connectivity index (χ1v) is 22.3. The van der Waals surface area contributed by atoms with Crippen molar-refractivity contribution in [1.82, 2.24) is 0 Å². The van der Waals surface area contributed by atoms with Crippen LogP contribution in [0.25, 0.3) is 0 Å². The van der Waals surface area contributed by atoms with Crippen molar-refractivity contribution in [2.45, 2.75) is 135 Å². The fourth-order valence-corrected chi connectivity index (χ4v) is 9.48. The third kappa shape index (κ3) is 9.06. The summed E-state index contributed by atoms with van der Waals surface area (Å²) in [7, 11) is 1.24. The Morgan fingerprint density at radius 1 is 0.943 bits per heavy atom. The quantitative estimate of drug-likeness (QED) is 0.140. The lowest BCUT2D eigenvalue weighted by Gasteiger charge is -2.57. The Balaban J connectivity index is 1.52. The van der Waals surface area contributed by atoms with Crippen LogP contribution in [0.15, 0.2) is 54.6 Å². The molecule has 3 fully saturated rings. The highest BCUT2D eigenvalue weighted by Gasteiger charge is 2.64. The van der Waals surface area contributed by atoms with E-state index in [4.69, 9.17) is 37.6 Å². The van der Waals surface area contributed by atoms with Crippen LogP contribution in [0.4, 0.5) is 0 Å². The van der Waals surface area contributed by atoms with E-state index in [1.54, 1.807) is 14.2 Å². The molecule has 0 spiro atoms. The van der Waals surface area contributed by atoms with Crippen LogP contribution in [0.5, 0.6) is 5.75 Å². The normalized spacial score (nSPS) is 33.3. The predicted octanol–water partition coefficient (Wildman–Crippen LogP) is 7.45.